The minimum Gasteiger partial charge on any atom is -0.299 e. The quantitative estimate of drug-likeness (QED) is 0.608. The molecule has 1 amide bonds. The maximum Gasteiger partial charge on any atom is 0.243 e. The number of nitrogens with one attached hydrogen (secondary N) is 1. The second kappa shape index (κ2) is 8.75. The zero-order chi connectivity index (χ0) is 18.5. The molecule has 0 radical (unpaired) electrons. The number of carbonyl (C=O) groups excluding carboxylic acids is 1. The number of piperidine rings is 1. The number of thiophene rings is 1. The molecule has 0 bridgehead atoms. The molecule has 7 heteroatoms. The summed E-state index contributed by atoms with van der Waals surface area (Å²) in [6.45, 7) is 3.97. The van der Waals surface area contributed by atoms with Crippen molar-refractivity contribution in [1.82, 2.24) is 10.3 Å². The first-order chi connectivity index (χ1) is 12.5. The summed E-state index contributed by atoms with van der Waals surface area (Å²) in [4.78, 5) is 15.5. The molecule has 0 unspecified atom stereocenters. The maximum atomic E-state index is 13.8. The van der Waals surface area contributed by atoms with Crippen LogP contribution in [0.5, 0.6) is 0 Å². The lowest BCUT2D eigenvalue weighted by molar-refractivity contribution is -0.126. The molecule has 1 N–H and O–H groups in total. The third-order valence-corrected chi connectivity index (χ3v) is 5.91. The van der Waals surface area contributed by atoms with Gasteiger partial charge >= 0.3 is 0 Å². The highest BCUT2D eigenvalue weighted by Crippen LogP contribution is 2.22. The SMILES string of the molecule is C/C(=N\NC(=O)C1CCN(Cc2ccccc2F)CC1)c1ccc(Cl)s1. The van der Waals surface area contributed by atoms with Gasteiger partial charge < -0.3 is 0 Å². The second-order valence-corrected chi connectivity index (χ2v) is 8.13. The molecule has 1 aromatic carbocycles. The van der Waals surface area contributed by atoms with Gasteiger partial charge in [-0.3, -0.25) is 9.69 Å². The van der Waals surface area contributed by atoms with Gasteiger partial charge in [-0.2, -0.15) is 5.10 Å². The molecule has 26 heavy (non-hydrogen) atoms. The Labute approximate surface area is 161 Å². The van der Waals surface area contributed by atoms with Gasteiger partial charge in [-0.15, -0.1) is 11.3 Å². The molecule has 3 rings (SSSR count). The van der Waals surface area contributed by atoms with Crippen molar-refractivity contribution in [3.05, 3.63) is 57.0 Å². The van der Waals surface area contributed by atoms with Crippen molar-refractivity contribution in [2.75, 3.05) is 13.1 Å². The Morgan fingerprint density at radius 3 is 2.69 bits per heavy atom. The maximum absolute atomic E-state index is 13.8. The number of amides is 1. The van der Waals surface area contributed by atoms with Crippen molar-refractivity contribution in [2.24, 2.45) is 11.0 Å². The largest absolute Gasteiger partial charge is 0.299 e. The molecule has 1 fully saturated rings. The number of hydrogen-bond donors (Lipinski definition) is 1. The first kappa shape index (κ1) is 19.0. The minimum absolute atomic E-state index is 0.0578. The Morgan fingerprint density at radius 1 is 1.31 bits per heavy atom. The van der Waals surface area contributed by atoms with E-state index < -0.39 is 0 Å². The Bertz CT molecular complexity index is 800. The molecule has 0 spiro atoms. The van der Waals surface area contributed by atoms with Crippen LogP contribution in [-0.2, 0) is 11.3 Å². The molecule has 0 aliphatic carbocycles. The molecule has 138 valence electrons. The van der Waals surface area contributed by atoms with Gasteiger partial charge in [-0.05, 0) is 51.1 Å². The van der Waals surface area contributed by atoms with E-state index in [1.807, 2.05) is 31.2 Å². The number of benzene rings is 1. The first-order valence-corrected chi connectivity index (χ1v) is 9.78. The van der Waals surface area contributed by atoms with Crippen LogP contribution in [-0.4, -0.2) is 29.6 Å². The normalized spacial score (nSPS) is 16.7. The van der Waals surface area contributed by atoms with Gasteiger partial charge in [0.2, 0.25) is 5.91 Å². The third-order valence-electron chi connectivity index (χ3n) is 4.57. The van der Waals surface area contributed by atoms with Gasteiger partial charge in [0.1, 0.15) is 5.82 Å². The van der Waals surface area contributed by atoms with E-state index in [4.69, 9.17) is 11.6 Å². The predicted molar refractivity (Wildman–Crippen MR) is 104 cm³/mol. The summed E-state index contributed by atoms with van der Waals surface area (Å²) in [6.07, 6.45) is 1.50. The van der Waals surface area contributed by atoms with Crippen molar-refractivity contribution in [3.8, 4) is 0 Å². The van der Waals surface area contributed by atoms with E-state index in [9.17, 15) is 9.18 Å². The van der Waals surface area contributed by atoms with Gasteiger partial charge in [0.15, 0.2) is 0 Å². The standard InChI is InChI=1S/C19H21ClFN3OS/c1-13(17-6-7-18(20)26-17)22-23-19(25)14-8-10-24(11-9-14)12-15-4-2-3-5-16(15)21/h2-7,14H,8-12H2,1H3,(H,23,25)/b22-13+. The molecule has 0 atom stereocenters. The monoisotopic (exact) mass is 393 g/mol. The number of carbonyl (C=O) groups is 1. The average Bonchev–Trinajstić information content (AvgIpc) is 3.08. The van der Waals surface area contributed by atoms with Gasteiger partial charge in [0.05, 0.1) is 14.9 Å². The van der Waals surface area contributed by atoms with E-state index in [1.165, 1.54) is 17.4 Å². The molecule has 1 aromatic heterocycles. The molecule has 1 aliphatic rings. The van der Waals surface area contributed by atoms with Crippen LogP contribution in [0.15, 0.2) is 41.5 Å². The fraction of sp³-hybridized carbons (Fsp3) is 0.368. The summed E-state index contributed by atoms with van der Waals surface area (Å²) in [5.41, 5.74) is 4.11. The van der Waals surface area contributed by atoms with E-state index in [0.717, 1.165) is 36.5 Å². The van der Waals surface area contributed by atoms with Crippen LogP contribution >= 0.6 is 22.9 Å². The van der Waals surface area contributed by atoms with E-state index in [-0.39, 0.29) is 17.6 Å². The highest BCUT2D eigenvalue weighted by molar-refractivity contribution is 7.18. The molecular formula is C19H21ClFN3OS. The highest BCUT2D eigenvalue weighted by atomic mass is 35.5. The Balaban J connectivity index is 1.48. The second-order valence-electron chi connectivity index (χ2n) is 6.42. The summed E-state index contributed by atoms with van der Waals surface area (Å²) in [5, 5.41) is 4.19. The molecule has 2 heterocycles. The lowest BCUT2D eigenvalue weighted by atomic mass is 9.96. The third kappa shape index (κ3) is 4.90. The minimum atomic E-state index is -0.175. The smallest absolute Gasteiger partial charge is 0.243 e. The van der Waals surface area contributed by atoms with E-state index in [0.29, 0.717) is 16.4 Å². The van der Waals surface area contributed by atoms with Crippen molar-refractivity contribution in [1.29, 1.82) is 0 Å². The highest BCUT2D eigenvalue weighted by Gasteiger charge is 2.25. The molecule has 4 nitrogen and oxygen atoms in total. The van der Waals surface area contributed by atoms with Crippen molar-refractivity contribution in [3.63, 3.8) is 0 Å². The lowest BCUT2D eigenvalue weighted by Gasteiger charge is -2.31. The number of hydrogen-bond acceptors (Lipinski definition) is 4. The Hall–Kier alpha value is -1.76. The van der Waals surface area contributed by atoms with Crippen molar-refractivity contribution >= 4 is 34.6 Å². The van der Waals surface area contributed by atoms with Crippen molar-refractivity contribution < 1.29 is 9.18 Å². The lowest BCUT2D eigenvalue weighted by Crippen LogP contribution is -2.39. The summed E-state index contributed by atoms with van der Waals surface area (Å²) in [5.74, 6) is -0.293. The molecule has 1 saturated heterocycles. The van der Waals surface area contributed by atoms with Crippen molar-refractivity contribution in [2.45, 2.75) is 26.3 Å². The number of nitrogens with zero attached hydrogens (tertiary/aromatic N) is 2. The van der Waals surface area contributed by atoms with Gasteiger partial charge in [0, 0.05) is 18.0 Å². The Kier molecular flexibility index (Phi) is 6.40. The zero-order valence-electron chi connectivity index (χ0n) is 14.5. The van der Waals surface area contributed by atoms with Gasteiger partial charge in [-0.1, -0.05) is 29.8 Å². The summed E-state index contributed by atoms with van der Waals surface area (Å²) < 4.78 is 14.5. The molecule has 0 saturated carbocycles. The van der Waals surface area contributed by atoms with Gasteiger partial charge in [-0.25, -0.2) is 9.82 Å². The summed E-state index contributed by atoms with van der Waals surface area (Å²) >= 11 is 7.35. The first-order valence-electron chi connectivity index (χ1n) is 8.58. The van der Waals surface area contributed by atoms with Crippen LogP contribution in [0, 0.1) is 11.7 Å². The molecule has 1 aliphatic heterocycles. The number of hydrazone groups is 1. The fourth-order valence-corrected chi connectivity index (χ4v) is 4.00. The number of likely N-dealkylation sites (tertiary alicyclic amines) is 1. The number of halogens is 2. The fourth-order valence-electron chi connectivity index (χ4n) is 3.01. The van der Waals surface area contributed by atoms with Crippen LogP contribution in [0.4, 0.5) is 4.39 Å². The van der Waals surface area contributed by atoms with Crippen LogP contribution in [0.25, 0.3) is 0 Å². The van der Waals surface area contributed by atoms with Crippen LogP contribution in [0.3, 0.4) is 0 Å². The molecular weight excluding hydrogens is 373 g/mol. The molecule has 2 aromatic rings. The number of rotatable bonds is 5. The van der Waals surface area contributed by atoms with E-state index >= 15 is 0 Å². The van der Waals surface area contributed by atoms with Crippen LogP contribution < -0.4 is 5.43 Å². The van der Waals surface area contributed by atoms with E-state index in [1.54, 1.807) is 6.07 Å². The predicted octanol–water partition coefficient (Wildman–Crippen LogP) is 4.29. The topological polar surface area (TPSA) is 44.7 Å². The Morgan fingerprint density at radius 2 is 2.04 bits per heavy atom. The average molecular weight is 394 g/mol. The van der Waals surface area contributed by atoms with E-state index in [2.05, 4.69) is 15.4 Å². The van der Waals surface area contributed by atoms with Gasteiger partial charge in [0.25, 0.3) is 0 Å². The zero-order valence-corrected chi connectivity index (χ0v) is 16.1. The van der Waals surface area contributed by atoms with Crippen LogP contribution in [0.2, 0.25) is 4.34 Å². The van der Waals surface area contributed by atoms with Crippen LogP contribution in [0.1, 0.15) is 30.2 Å². The summed E-state index contributed by atoms with van der Waals surface area (Å²) in [7, 11) is 0. The summed E-state index contributed by atoms with van der Waals surface area (Å²) in [6, 6.07) is 10.5.